The number of hydrogen-bond acceptors (Lipinski definition) is 13. The maximum absolute atomic E-state index is 14.9. The number of benzene rings is 2. The van der Waals surface area contributed by atoms with Crippen LogP contribution in [0.15, 0.2) is 59.4 Å². The number of nitrogens with one attached hydrogen (secondary N) is 5. The van der Waals surface area contributed by atoms with E-state index in [1.54, 1.807) is 24.5 Å². The van der Waals surface area contributed by atoms with Gasteiger partial charge in [-0.1, -0.05) is 63.1 Å². The summed E-state index contributed by atoms with van der Waals surface area (Å²) in [6.45, 7) is 12.1. The van der Waals surface area contributed by atoms with Gasteiger partial charge >= 0.3 is 5.97 Å². The second-order valence-corrected chi connectivity index (χ2v) is 17.8. The number of aromatic nitrogens is 2. The molecule has 4 aliphatic rings. The number of aliphatic hydroxyl groups excluding tert-OH is 1. The molecule has 2 aromatic carbocycles. The van der Waals surface area contributed by atoms with E-state index in [4.69, 9.17) is 14.5 Å². The summed E-state index contributed by atoms with van der Waals surface area (Å²) in [6, 6.07) is 13.3. The summed E-state index contributed by atoms with van der Waals surface area (Å²) in [5.41, 5.74) is 5.69. The van der Waals surface area contributed by atoms with E-state index in [2.05, 4.69) is 52.6 Å². The van der Waals surface area contributed by atoms with Gasteiger partial charge in [0.1, 0.15) is 19.2 Å². The summed E-state index contributed by atoms with van der Waals surface area (Å²) >= 11 is 0. The maximum atomic E-state index is 14.9. The maximum Gasteiger partial charge on any atom is 0.340 e. The normalized spacial score (nSPS) is 16.4. The molecule has 0 bridgehead atoms. The lowest BCUT2D eigenvalue weighted by Crippen LogP contribution is -2.44. The first-order valence-electron chi connectivity index (χ1n) is 24.6. The van der Waals surface area contributed by atoms with Gasteiger partial charge in [-0.05, 0) is 69.2 Å². The summed E-state index contributed by atoms with van der Waals surface area (Å²) in [4.78, 5) is 111. The Balaban J connectivity index is 0.000000239. The molecule has 0 spiro atoms. The summed E-state index contributed by atoms with van der Waals surface area (Å²) in [6.07, 6.45) is 4.81. The second kappa shape index (κ2) is 26.9. The number of halogens is 1. The number of ether oxygens (including phenoxy) is 2. The van der Waals surface area contributed by atoms with Crippen LogP contribution < -0.4 is 32.1 Å². The summed E-state index contributed by atoms with van der Waals surface area (Å²) < 4.78 is 27.3. The third-order valence-corrected chi connectivity index (χ3v) is 12.6. The molecule has 5 heterocycles. The molecule has 0 radical (unpaired) electrons. The van der Waals surface area contributed by atoms with Gasteiger partial charge in [0.15, 0.2) is 6.10 Å². The number of likely N-dealkylation sites (N-methyl/N-ethyl adjacent to an activating group) is 1. The molecule has 6 N–H and O–H groups in total. The predicted molar refractivity (Wildman–Crippen MR) is 270 cm³/mol. The third kappa shape index (κ3) is 14.1. The average molecular weight is 1030 g/mol. The number of aliphatic hydroxyl groups is 1. The highest BCUT2D eigenvalue weighted by atomic mass is 19.1. The number of hydrogen-bond donors (Lipinski definition) is 6. The molecule has 1 aliphatic carbocycles. The standard InChI is InChI=1S/C26H24FN3O6.C18H27N5O6.C7H8.C2H6/c1-12-13-3-4-26(2,9-35-11-28-10-31)21-15-7-30-19(22(15)29-18(20(13)21)6-17(12)27)5-14-16(24(30)33)8-36-25(34)23(14)32;1-2-19-14(25)10-21-16(27)12-22-15(26)11-20-13(24)6-4-3-5-9-23-17(28)7-8-18(23)29;1-7-5-3-2-4-6-7;1-2/h5-6,10,23,32H,3-4,7-9,11H2,1-2H3,(H,28,31);7-8H,2-6,9-12H2,1H3,(H,19,25)(H,20,24)(H,21,27)(H,22,26);2-6H,1H3;1-2H3. The van der Waals surface area contributed by atoms with E-state index >= 15 is 0 Å². The lowest BCUT2D eigenvalue weighted by atomic mass is 9.69. The summed E-state index contributed by atoms with van der Waals surface area (Å²) in [5.74, 6) is -3.46. The van der Waals surface area contributed by atoms with Crippen LogP contribution in [0, 0.1) is 19.7 Å². The highest BCUT2D eigenvalue weighted by molar-refractivity contribution is 6.12. The van der Waals surface area contributed by atoms with Crippen LogP contribution in [-0.2, 0) is 72.8 Å². The van der Waals surface area contributed by atoms with Crippen LogP contribution in [0.4, 0.5) is 4.39 Å². The number of esters is 1. The fourth-order valence-corrected chi connectivity index (χ4v) is 8.88. The Morgan fingerprint density at radius 3 is 2.12 bits per heavy atom. The van der Waals surface area contributed by atoms with E-state index in [1.807, 2.05) is 32.0 Å². The monoisotopic (exact) mass is 1020 g/mol. The van der Waals surface area contributed by atoms with Crippen LogP contribution in [0.1, 0.15) is 105 Å². The van der Waals surface area contributed by atoms with Crippen molar-refractivity contribution < 1.29 is 57.3 Å². The van der Waals surface area contributed by atoms with E-state index in [-0.39, 0.29) is 92.1 Å². The minimum absolute atomic E-state index is 0.0587. The molecule has 0 saturated carbocycles. The van der Waals surface area contributed by atoms with Gasteiger partial charge in [0.2, 0.25) is 30.0 Å². The molecule has 8 rings (SSSR count). The fraction of sp³-hybridized carbons (Fsp3) is 0.434. The third-order valence-electron chi connectivity index (χ3n) is 12.6. The first kappa shape index (κ1) is 57.3. The van der Waals surface area contributed by atoms with E-state index in [1.165, 1.54) is 23.8 Å². The van der Waals surface area contributed by atoms with Gasteiger partial charge < -0.3 is 45.7 Å². The Bertz CT molecular complexity index is 2830. The Morgan fingerprint density at radius 1 is 0.878 bits per heavy atom. The molecule has 4 aromatic rings. The number of aryl methyl sites for hydroxylation is 2. The molecule has 0 saturated heterocycles. The van der Waals surface area contributed by atoms with Crippen LogP contribution in [0.3, 0.4) is 0 Å². The Hall–Kier alpha value is -7.65. The van der Waals surface area contributed by atoms with E-state index < -0.39 is 29.3 Å². The number of amides is 7. The van der Waals surface area contributed by atoms with Gasteiger partial charge in [-0.2, -0.15) is 0 Å². The molecule has 3 aliphatic heterocycles. The lowest BCUT2D eigenvalue weighted by Gasteiger charge is -2.37. The van der Waals surface area contributed by atoms with Crippen molar-refractivity contribution in [3.8, 4) is 11.4 Å². The molecule has 2 unspecified atom stereocenters. The topological polar surface area (TPSA) is 274 Å². The van der Waals surface area contributed by atoms with Crippen molar-refractivity contribution in [2.45, 2.75) is 105 Å². The van der Waals surface area contributed by atoms with Crippen molar-refractivity contribution >= 4 is 58.7 Å². The Morgan fingerprint density at radius 2 is 1.51 bits per heavy atom. The van der Waals surface area contributed by atoms with Crippen LogP contribution in [0.25, 0.3) is 22.3 Å². The van der Waals surface area contributed by atoms with Crippen LogP contribution >= 0.6 is 0 Å². The minimum Gasteiger partial charge on any atom is -0.458 e. The van der Waals surface area contributed by atoms with Crippen molar-refractivity contribution in [1.82, 2.24) is 41.0 Å². The molecule has 7 amide bonds. The average Bonchev–Trinajstić information content (AvgIpc) is 3.92. The van der Waals surface area contributed by atoms with Gasteiger partial charge in [-0.15, -0.1) is 0 Å². The predicted octanol–water partition coefficient (Wildman–Crippen LogP) is 2.86. The number of pyridine rings is 2. The van der Waals surface area contributed by atoms with Gasteiger partial charge in [0.25, 0.3) is 17.4 Å². The quantitative estimate of drug-likeness (QED) is 0.0243. The van der Waals surface area contributed by atoms with Crippen molar-refractivity contribution in [3.63, 3.8) is 0 Å². The highest BCUT2D eigenvalue weighted by Gasteiger charge is 2.41. The number of carbonyl (C=O) groups excluding carboxylic acids is 8. The van der Waals surface area contributed by atoms with Crippen molar-refractivity contribution in [1.29, 1.82) is 0 Å². The molecule has 2 atom stereocenters. The van der Waals surface area contributed by atoms with Crippen molar-refractivity contribution in [2.75, 3.05) is 46.1 Å². The summed E-state index contributed by atoms with van der Waals surface area (Å²) in [7, 11) is 0. The molecular weight excluding hydrogens is 960 g/mol. The van der Waals surface area contributed by atoms with E-state index in [0.717, 1.165) is 27.0 Å². The molecule has 21 heteroatoms. The zero-order valence-corrected chi connectivity index (χ0v) is 42.6. The summed E-state index contributed by atoms with van der Waals surface area (Å²) in [5, 5.41) is 23.4. The van der Waals surface area contributed by atoms with E-state index in [0.29, 0.717) is 80.7 Å². The van der Waals surface area contributed by atoms with Crippen molar-refractivity contribution in [3.05, 3.63) is 110 Å². The van der Waals surface area contributed by atoms with Gasteiger partial charge in [0, 0.05) is 59.7 Å². The van der Waals surface area contributed by atoms with Crippen LogP contribution in [0.2, 0.25) is 0 Å². The second-order valence-electron chi connectivity index (χ2n) is 17.8. The minimum atomic E-state index is -1.55. The van der Waals surface area contributed by atoms with Crippen molar-refractivity contribution in [2.24, 2.45) is 0 Å². The first-order valence-corrected chi connectivity index (χ1v) is 24.6. The smallest absolute Gasteiger partial charge is 0.340 e. The molecular formula is C53H65FN8O12. The van der Waals surface area contributed by atoms with Gasteiger partial charge in [0.05, 0.1) is 55.3 Å². The number of unbranched alkanes of at least 4 members (excludes halogenated alkanes) is 2. The number of rotatable bonds is 18. The number of cyclic esters (lactones) is 1. The van der Waals surface area contributed by atoms with E-state index in [9.17, 15) is 52.6 Å². The molecule has 20 nitrogen and oxygen atoms in total. The number of nitrogens with zero attached hydrogens (tertiary/aromatic N) is 3. The first-order chi connectivity index (χ1) is 35.5. The number of carbonyl (C=O) groups is 8. The zero-order chi connectivity index (χ0) is 54.1. The Labute approximate surface area is 427 Å². The SMILES string of the molecule is CC.CCNC(=O)CNC(=O)CNC(=O)CNC(=O)CCCCCN1C(=O)C=CC1=O.Cc1c(F)cc2nc3c(c4c2c1CCC4(C)COCNC=O)Cn1c-3cc2c(c1=O)COC(=O)C2O.Cc1ccccc1. The molecule has 396 valence electrons. The highest BCUT2D eigenvalue weighted by Crippen LogP contribution is 2.48. The molecule has 2 aromatic heterocycles. The Kier molecular flexibility index (Phi) is 20.8. The lowest BCUT2D eigenvalue weighted by molar-refractivity contribution is -0.157. The molecule has 0 fully saturated rings. The molecule has 74 heavy (non-hydrogen) atoms. The van der Waals surface area contributed by atoms with Gasteiger partial charge in [-0.25, -0.2) is 14.2 Å². The van der Waals surface area contributed by atoms with Gasteiger partial charge in [-0.3, -0.25) is 43.3 Å². The van der Waals surface area contributed by atoms with Crippen LogP contribution in [-0.4, -0.2) is 113 Å². The number of fused-ring (bicyclic) bond motifs is 5. The zero-order valence-electron chi connectivity index (χ0n) is 42.6. The largest absolute Gasteiger partial charge is 0.458 e. The van der Waals surface area contributed by atoms with Crippen LogP contribution in [0.5, 0.6) is 0 Å². The number of imide groups is 1. The fourth-order valence-electron chi connectivity index (χ4n) is 8.88.